The SMILES string of the molecule is COC(=O)[C@@H](C)[C@H]1CCC(CC(C)C)O1. The van der Waals surface area contributed by atoms with Crippen molar-refractivity contribution in [1.29, 1.82) is 0 Å². The minimum atomic E-state index is -0.162. The van der Waals surface area contributed by atoms with Gasteiger partial charge in [0, 0.05) is 0 Å². The van der Waals surface area contributed by atoms with Gasteiger partial charge in [-0.3, -0.25) is 4.79 Å². The Morgan fingerprint density at radius 3 is 2.60 bits per heavy atom. The van der Waals surface area contributed by atoms with Crippen LogP contribution in [0.5, 0.6) is 0 Å². The van der Waals surface area contributed by atoms with Gasteiger partial charge >= 0.3 is 5.97 Å². The van der Waals surface area contributed by atoms with Gasteiger partial charge in [-0.25, -0.2) is 0 Å². The van der Waals surface area contributed by atoms with Crippen molar-refractivity contribution in [3.05, 3.63) is 0 Å². The van der Waals surface area contributed by atoms with E-state index in [1.54, 1.807) is 0 Å². The Balaban J connectivity index is 2.38. The molecule has 1 unspecified atom stereocenters. The number of hydrogen-bond acceptors (Lipinski definition) is 3. The van der Waals surface area contributed by atoms with Crippen LogP contribution >= 0.6 is 0 Å². The van der Waals surface area contributed by atoms with Gasteiger partial charge in [0.2, 0.25) is 0 Å². The molecule has 0 spiro atoms. The molecule has 0 radical (unpaired) electrons. The van der Waals surface area contributed by atoms with Crippen molar-refractivity contribution in [3.8, 4) is 0 Å². The molecule has 0 amide bonds. The Hall–Kier alpha value is -0.570. The fourth-order valence-electron chi connectivity index (χ4n) is 2.14. The number of carbonyl (C=O) groups is 1. The molecule has 1 aliphatic rings. The summed E-state index contributed by atoms with van der Waals surface area (Å²) in [4.78, 5) is 11.3. The summed E-state index contributed by atoms with van der Waals surface area (Å²) in [6, 6.07) is 0. The average molecular weight is 214 g/mol. The smallest absolute Gasteiger partial charge is 0.311 e. The van der Waals surface area contributed by atoms with E-state index in [2.05, 4.69) is 13.8 Å². The largest absolute Gasteiger partial charge is 0.469 e. The minimum Gasteiger partial charge on any atom is -0.469 e. The summed E-state index contributed by atoms with van der Waals surface area (Å²) in [5.74, 6) is 0.361. The standard InChI is InChI=1S/C12H22O3/c1-8(2)7-10-5-6-11(15-10)9(3)12(13)14-4/h8-11H,5-7H2,1-4H3/t9-,10?,11+/m0/s1. The maximum atomic E-state index is 11.3. The van der Waals surface area contributed by atoms with Gasteiger partial charge in [-0.1, -0.05) is 13.8 Å². The molecular formula is C12H22O3. The molecule has 0 aromatic heterocycles. The van der Waals surface area contributed by atoms with Crippen molar-refractivity contribution in [2.24, 2.45) is 11.8 Å². The first-order valence-electron chi connectivity index (χ1n) is 5.77. The molecule has 0 saturated carbocycles. The maximum Gasteiger partial charge on any atom is 0.311 e. The molecule has 1 aliphatic heterocycles. The zero-order chi connectivity index (χ0) is 11.4. The molecule has 0 aromatic carbocycles. The van der Waals surface area contributed by atoms with Crippen LogP contribution in [-0.4, -0.2) is 25.3 Å². The highest BCUT2D eigenvalue weighted by molar-refractivity contribution is 5.72. The van der Waals surface area contributed by atoms with E-state index in [9.17, 15) is 4.79 Å². The van der Waals surface area contributed by atoms with Crippen molar-refractivity contribution >= 4 is 5.97 Å². The van der Waals surface area contributed by atoms with E-state index in [1.165, 1.54) is 7.11 Å². The number of ether oxygens (including phenoxy) is 2. The highest BCUT2D eigenvalue weighted by Gasteiger charge is 2.33. The minimum absolute atomic E-state index is 0.0567. The molecule has 0 bridgehead atoms. The first-order chi connectivity index (χ1) is 7.04. The van der Waals surface area contributed by atoms with Gasteiger partial charge in [-0.15, -0.1) is 0 Å². The summed E-state index contributed by atoms with van der Waals surface area (Å²) >= 11 is 0. The van der Waals surface area contributed by atoms with Crippen LogP contribution in [0.1, 0.15) is 40.0 Å². The van der Waals surface area contributed by atoms with Gasteiger partial charge < -0.3 is 9.47 Å². The van der Waals surface area contributed by atoms with Crippen molar-refractivity contribution in [1.82, 2.24) is 0 Å². The summed E-state index contributed by atoms with van der Waals surface area (Å²) in [6.45, 7) is 6.27. The topological polar surface area (TPSA) is 35.5 Å². The van der Waals surface area contributed by atoms with Gasteiger partial charge in [-0.05, 0) is 32.1 Å². The molecule has 1 saturated heterocycles. The van der Waals surface area contributed by atoms with E-state index in [4.69, 9.17) is 9.47 Å². The van der Waals surface area contributed by atoms with Crippen LogP contribution in [-0.2, 0) is 14.3 Å². The molecular weight excluding hydrogens is 192 g/mol. The molecule has 3 heteroatoms. The molecule has 3 nitrogen and oxygen atoms in total. The van der Waals surface area contributed by atoms with Gasteiger partial charge in [0.25, 0.3) is 0 Å². The predicted octanol–water partition coefficient (Wildman–Crippen LogP) is 2.39. The normalized spacial score (nSPS) is 28.1. The first-order valence-corrected chi connectivity index (χ1v) is 5.77. The van der Waals surface area contributed by atoms with Crippen LogP contribution in [0.4, 0.5) is 0 Å². The number of methoxy groups -OCH3 is 1. The molecule has 0 aliphatic carbocycles. The van der Waals surface area contributed by atoms with Gasteiger partial charge in [0.1, 0.15) is 0 Å². The lowest BCUT2D eigenvalue weighted by atomic mass is 10.0. The lowest BCUT2D eigenvalue weighted by Gasteiger charge is -2.19. The van der Waals surface area contributed by atoms with Crippen LogP contribution in [0.25, 0.3) is 0 Å². The van der Waals surface area contributed by atoms with Crippen molar-refractivity contribution in [3.63, 3.8) is 0 Å². The highest BCUT2D eigenvalue weighted by Crippen LogP contribution is 2.29. The third-order valence-corrected chi connectivity index (χ3v) is 3.01. The van der Waals surface area contributed by atoms with Crippen LogP contribution < -0.4 is 0 Å². The lowest BCUT2D eigenvalue weighted by Crippen LogP contribution is -2.27. The number of carbonyl (C=O) groups excluding carboxylic acids is 1. The van der Waals surface area contributed by atoms with Crippen LogP contribution in [0.2, 0.25) is 0 Å². The zero-order valence-electron chi connectivity index (χ0n) is 10.2. The Morgan fingerprint density at radius 1 is 1.40 bits per heavy atom. The fourth-order valence-corrected chi connectivity index (χ4v) is 2.14. The van der Waals surface area contributed by atoms with Crippen LogP contribution in [0.15, 0.2) is 0 Å². The Kier molecular flexibility index (Phi) is 4.58. The van der Waals surface area contributed by atoms with Gasteiger partial charge in [-0.2, -0.15) is 0 Å². The molecule has 3 atom stereocenters. The predicted molar refractivity (Wildman–Crippen MR) is 58.5 cm³/mol. The van der Waals surface area contributed by atoms with E-state index in [1.807, 2.05) is 6.92 Å². The molecule has 15 heavy (non-hydrogen) atoms. The summed E-state index contributed by atoms with van der Waals surface area (Å²) in [7, 11) is 1.43. The van der Waals surface area contributed by atoms with Crippen molar-refractivity contribution < 1.29 is 14.3 Å². The molecule has 0 aromatic rings. The second-order valence-corrected chi connectivity index (χ2v) is 4.82. The molecule has 1 fully saturated rings. The van der Waals surface area contributed by atoms with E-state index in [0.29, 0.717) is 12.0 Å². The summed E-state index contributed by atoms with van der Waals surface area (Å²) in [6.07, 6.45) is 3.53. The first kappa shape index (κ1) is 12.5. The number of hydrogen-bond donors (Lipinski definition) is 0. The monoisotopic (exact) mass is 214 g/mol. The third kappa shape index (κ3) is 3.49. The van der Waals surface area contributed by atoms with E-state index in [-0.39, 0.29) is 18.0 Å². The quantitative estimate of drug-likeness (QED) is 0.674. The summed E-state index contributed by atoms with van der Waals surface area (Å²) in [5, 5.41) is 0. The van der Waals surface area contributed by atoms with Crippen molar-refractivity contribution in [2.45, 2.75) is 52.2 Å². The maximum absolute atomic E-state index is 11.3. The Bertz CT molecular complexity index is 213. The van der Waals surface area contributed by atoms with Crippen LogP contribution in [0, 0.1) is 11.8 Å². The number of esters is 1. The van der Waals surface area contributed by atoms with E-state index >= 15 is 0 Å². The van der Waals surface area contributed by atoms with E-state index < -0.39 is 0 Å². The molecule has 1 heterocycles. The van der Waals surface area contributed by atoms with Crippen molar-refractivity contribution in [2.75, 3.05) is 7.11 Å². The lowest BCUT2D eigenvalue weighted by molar-refractivity contribution is -0.149. The van der Waals surface area contributed by atoms with Gasteiger partial charge in [0.15, 0.2) is 0 Å². The molecule has 0 N–H and O–H groups in total. The van der Waals surface area contributed by atoms with Crippen LogP contribution in [0.3, 0.4) is 0 Å². The van der Waals surface area contributed by atoms with E-state index in [0.717, 1.165) is 19.3 Å². The average Bonchev–Trinajstić information content (AvgIpc) is 2.63. The van der Waals surface area contributed by atoms with Gasteiger partial charge in [0.05, 0.1) is 25.2 Å². The Morgan fingerprint density at radius 2 is 2.07 bits per heavy atom. The highest BCUT2D eigenvalue weighted by atomic mass is 16.5. The zero-order valence-corrected chi connectivity index (χ0v) is 10.2. The number of rotatable bonds is 4. The second kappa shape index (κ2) is 5.50. The summed E-state index contributed by atoms with van der Waals surface area (Å²) in [5.41, 5.74) is 0. The summed E-state index contributed by atoms with van der Waals surface area (Å²) < 4.78 is 10.6. The Labute approximate surface area is 92.1 Å². The molecule has 88 valence electrons. The second-order valence-electron chi connectivity index (χ2n) is 4.82. The third-order valence-electron chi connectivity index (χ3n) is 3.01. The molecule has 1 rings (SSSR count). The fraction of sp³-hybridized carbons (Fsp3) is 0.917.